The largest absolute Gasteiger partial charge is 0.444 e. The van der Waals surface area contributed by atoms with Gasteiger partial charge in [-0.25, -0.2) is 18.2 Å². The highest BCUT2D eigenvalue weighted by molar-refractivity contribution is 7.92. The highest BCUT2D eigenvalue weighted by Crippen LogP contribution is 2.24. The molecule has 1 fully saturated rings. The number of likely N-dealkylation sites (tertiary alicyclic amines) is 1. The van der Waals surface area contributed by atoms with E-state index in [0.29, 0.717) is 13.0 Å². The topological polar surface area (TPSA) is 76.6 Å². The molecule has 0 saturated carbocycles. The van der Waals surface area contributed by atoms with Crippen LogP contribution in [0.25, 0.3) is 0 Å². The molecular weight excluding hydrogens is 304 g/mol. The number of sulfone groups is 1. The van der Waals surface area contributed by atoms with Crippen molar-refractivity contribution in [1.82, 2.24) is 9.88 Å². The van der Waals surface area contributed by atoms with Gasteiger partial charge in [0.05, 0.1) is 5.25 Å². The SMILES string of the molecule is Cc1ccnc(S(=O)(=O)[C@H]2CCN(C(=O)OC(C)(C)C)C2)c1. The van der Waals surface area contributed by atoms with Gasteiger partial charge in [0.25, 0.3) is 0 Å². The number of carbonyl (C=O) groups excluding carboxylic acids is 1. The maximum absolute atomic E-state index is 12.6. The van der Waals surface area contributed by atoms with Crippen LogP contribution in [0.3, 0.4) is 0 Å². The fraction of sp³-hybridized carbons (Fsp3) is 0.600. The molecule has 1 aromatic heterocycles. The smallest absolute Gasteiger partial charge is 0.410 e. The predicted octanol–water partition coefficient (Wildman–Crippen LogP) is 2.17. The summed E-state index contributed by atoms with van der Waals surface area (Å²) in [6.45, 7) is 7.70. The summed E-state index contributed by atoms with van der Waals surface area (Å²) in [6.07, 6.45) is 1.42. The zero-order chi connectivity index (χ0) is 16.5. The normalized spacial score (nSPS) is 19.3. The van der Waals surface area contributed by atoms with E-state index < -0.39 is 26.8 Å². The molecule has 0 spiro atoms. The van der Waals surface area contributed by atoms with E-state index >= 15 is 0 Å². The van der Waals surface area contributed by atoms with Gasteiger partial charge in [-0.2, -0.15) is 0 Å². The Labute approximate surface area is 131 Å². The van der Waals surface area contributed by atoms with Crippen molar-refractivity contribution < 1.29 is 17.9 Å². The lowest BCUT2D eigenvalue weighted by molar-refractivity contribution is 0.0295. The summed E-state index contributed by atoms with van der Waals surface area (Å²) < 4.78 is 30.5. The van der Waals surface area contributed by atoms with Gasteiger partial charge in [0.1, 0.15) is 5.60 Å². The Morgan fingerprint density at radius 1 is 1.41 bits per heavy atom. The first-order valence-electron chi connectivity index (χ1n) is 7.24. The van der Waals surface area contributed by atoms with Crippen molar-refractivity contribution in [3.05, 3.63) is 23.9 Å². The Hall–Kier alpha value is -1.63. The molecular formula is C15H22N2O4S. The summed E-state index contributed by atoms with van der Waals surface area (Å²) in [5.74, 6) is 0. The number of aromatic nitrogens is 1. The van der Waals surface area contributed by atoms with Crippen LogP contribution in [0.4, 0.5) is 4.79 Å². The van der Waals surface area contributed by atoms with Crippen LogP contribution >= 0.6 is 0 Å². The van der Waals surface area contributed by atoms with E-state index in [1.54, 1.807) is 32.9 Å². The molecule has 0 unspecified atom stereocenters. The summed E-state index contributed by atoms with van der Waals surface area (Å²) in [5, 5.41) is -0.558. The van der Waals surface area contributed by atoms with E-state index in [4.69, 9.17) is 4.74 Å². The van der Waals surface area contributed by atoms with Crippen LogP contribution in [-0.2, 0) is 14.6 Å². The molecule has 1 aliphatic heterocycles. The van der Waals surface area contributed by atoms with Gasteiger partial charge in [-0.1, -0.05) is 0 Å². The molecule has 2 heterocycles. The van der Waals surface area contributed by atoms with Crippen LogP contribution < -0.4 is 0 Å². The zero-order valence-corrected chi connectivity index (χ0v) is 14.2. The Kier molecular flexibility index (Phi) is 4.47. The molecule has 0 bridgehead atoms. The molecule has 1 atom stereocenters. The molecule has 122 valence electrons. The first-order valence-corrected chi connectivity index (χ1v) is 8.79. The van der Waals surface area contributed by atoms with E-state index in [1.807, 2.05) is 6.92 Å². The molecule has 2 rings (SSSR count). The lowest BCUT2D eigenvalue weighted by Crippen LogP contribution is -2.36. The molecule has 22 heavy (non-hydrogen) atoms. The second-order valence-electron chi connectivity index (χ2n) is 6.55. The van der Waals surface area contributed by atoms with E-state index in [9.17, 15) is 13.2 Å². The number of hydrogen-bond donors (Lipinski definition) is 0. The molecule has 7 heteroatoms. The van der Waals surface area contributed by atoms with Crippen LogP contribution in [0.2, 0.25) is 0 Å². The average Bonchev–Trinajstić information content (AvgIpc) is 2.87. The summed E-state index contributed by atoms with van der Waals surface area (Å²) in [7, 11) is -3.53. The van der Waals surface area contributed by atoms with Crippen LogP contribution in [0.1, 0.15) is 32.8 Å². The summed E-state index contributed by atoms with van der Waals surface area (Å²) in [5.41, 5.74) is 0.252. The van der Waals surface area contributed by atoms with Crippen LogP contribution in [0.15, 0.2) is 23.4 Å². The highest BCUT2D eigenvalue weighted by Gasteiger charge is 2.38. The number of hydrogen-bond acceptors (Lipinski definition) is 5. The number of carbonyl (C=O) groups is 1. The third-order valence-electron chi connectivity index (χ3n) is 3.42. The van der Waals surface area contributed by atoms with Gasteiger partial charge in [0, 0.05) is 19.3 Å². The van der Waals surface area contributed by atoms with Crippen LogP contribution in [-0.4, -0.2) is 48.3 Å². The van der Waals surface area contributed by atoms with Crippen LogP contribution in [0.5, 0.6) is 0 Å². The second-order valence-corrected chi connectivity index (χ2v) is 8.73. The number of ether oxygens (including phenoxy) is 1. The first kappa shape index (κ1) is 16.7. The van der Waals surface area contributed by atoms with Crippen molar-refractivity contribution in [3.8, 4) is 0 Å². The molecule has 0 radical (unpaired) electrons. The van der Waals surface area contributed by atoms with Crippen molar-refractivity contribution >= 4 is 15.9 Å². The number of amides is 1. The Balaban J connectivity index is 2.11. The quantitative estimate of drug-likeness (QED) is 0.832. The minimum atomic E-state index is -3.53. The molecule has 0 aromatic carbocycles. The van der Waals surface area contributed by atoms with Crippen molar-refractivity contribution in [3.63, 3.8) is 0 Å². The van der Waals surface area contributed by atoms with Crippen molar-refractivity contribution in [2.45, 2.75) is 50.0 Å². The number of rotatable bonds is 2. The molecule has 0 aliphatic carbocycles. The molecule has 6 nitrogen and oxygen atoms in total. The second kappa shape index (κ2) is 5.87. The van der Waals surface area contributed by atoms with Gasteiger partial charge < -0.3 is 9.64 Å². The zero-order valence-electron chi connectivity index (χ0n) is 13.4. The van der Waals surface area contributed by atoms with E-state index in [0.717, 1.165) is 5.56 Å². The lowest BCUT2D eigenvalue weighted by Gasteiger charge is -2.24. The van der Waals surface area contributed by atoms with Crippen molar-refractivity contribution in [2.24, 2.45) is 0 Å². The Morgan fingerprint density at radius 2 is 2.09 bits per heavy atom. The fourth-order valence-corrected chi connectivity index (χ4v) is 4.00. The van der Waals surface area contributed by atoms with Crippen molar-refractivity contribution in [2.75, 3.05) is 13.1 Å². The van der Waals surface area contributed by atoms with Crippen LogP contribution in [0, 0.1) is 6.92 Å². The van der Waals surface area contributed by atoms with Gasteiger partial charge in [-0.15, -0.1) is 0 Å². The number of pyridine rings is 1. The predicted molar refractivity (Wildman–Crippen MR) is 82.4 cm³/mol. The summed E-state index contributed by atoms with van der Waals surface area (Å²) in [6, 6.07) is 3.31. The molecule has 0 N–H and O–H groups in total. The Bertz CT molecular complexity index is 664. The van der Waals surface area contributed by atoms with Gasteiger partial charge >= 0.3 is 6.09 Å². The van der Waals surface area contributed by atoms with E-state index in [1.165, 1.54) is 11.1 Å². The summed E-state index contributed by atoms with van der Waals surface area (Å²) >= 11 is 0. The molecule has 1 aromatic rings. The highest BCUT2D eigenvalue weighted by atomic mass is 32.2. The lowest BCUT2D eigenvalue weighted by atomic mass is 10.2. The van der Waals surface area contributed by atoms with Gasteiger partial charge in [-0.3, -0.25) is 0 Å². The number of nitrogens with zero attached hydrogens (tertiary/aromatic N) is 2. The monoisotopic (exact) mass is 326 g/mol. The summed E-state index contributed by atoms with van der Waals surface area (Å²) in [4.78, 5) is 17.4. The standard InChI is InChI=1S/C15H22N2O4S/c1-11-5-7-16-13(9-11)22(19,20)12-6-8-17(10-12)14(18)21-15(2,3)4/h5,7,9,12H,6,8,10H2,1-4H3/t12-/m0/s1. The number of aryl methyl sites for hydroxylation is 1. The van der Waals surface area contributed by atoms with Gasteiger partial charge in [-0.05, 0) is 51.8 Å². The minimum absolute atomic E-state index is 0.0727. The first-order chi connectivity index (χ1) is 10.1. The third kappa shape index (κ3) is 3.76. The fourth-order valence-electron chi connectivity index (χ4n) is 2.31. The van der Waals surface area contributed by atoms with E-state index in [2.05, 4.69) is 4.98 Å². The third-order valence-corrected chi connectivity index (χ3v) is 5.49. The average molecular weight is 326 g/mol. The maximum atomic E-state index is 12.6. The molecule has 1 aliphatic rings. The van der Waals surface area contributed by atoms with Crippen molar-refractivity contribution in [1.29, 1.82) is 0 Å². The Morgan fingerprint density at radius 3 is 2.68 bits per heavy atom. The molecule has 1 amide bonds. The van der Waals surface area contributed by atoms with Gasteiger partial charge in [0.15, 0.2) is 14.9 Å². The van der Waals surface area contributed by atoms with Gasteiger partial charge in [0.2, 0.25) is 0 Å². The maximum Gasteiger partial charge on any atom is 0.410 e. The molecule has 1 saturated heterocycles. The van der Waals surface area contributed by atoms with E-state index in [-0.39, 0.29) is 11.6 Å². The minimum Gasteiger partial charge on any atom is -0.444 e.